The van der Waals surface area contributed by atoms with Gasteiger partial charge in [0.1, 0.15) is 0 Å². The molecule has 10 heteroatoms. The Kier molecular flexibility index (Phi) is 7.67. The van der Waals surface area contributed by atoms with Crippen molar-refractivity contribution in [1.29, 1.82) is 0 Å². The van der Waals surface area contributed by atoms with Gasteiger partial charge >= 0.3 is 19.5 Å². The average molecular weight is 351 g/mol. The summed E-state index contributed by atoms with van der Waals surface area (Å²) in [6.07, 6.45) is -1.38. The van der Waals surface area contributed by atoms with Crippen LogP contribution in [0.1, 0.15) is 27.7 Å². The SMILES string of the molecule is CCOC(=O)[C@H]1C(P(=O)(OCC)OCC)=NO[C@@H]1C(=O)OCC. The summed E-state index contributed by atoms with van der Waals surface area (Å²) in [6, 6.07) is 0. The lowest BCUT2D eigenvalue weighted by molar-refractivity contribution is -0.164. The Balaban J connectivity index is 3.16. The second-order valence-electron chi connectivity index (χ2n) is 4.29. The van der Waals surface area contributed by atoms with Crippen molar-refractivity contribution in [3.63, 3.8) is 0 Å². The molecule has 0 aromatic heterocycles. The zero-order valence-electron chi connectivity index (χ0n) is 13.6. The molecule has 0 saturated heterocycles. The quantitative estimate of drug-likeness (QED) is 0.456. The molecule has 1 aliphatic rings. The Morgan fingerprint density at radius 2 is 1.52 bits per heavy atom. The van der Waals surface area contributed by atoms with Gasteiger partial charge in [0.2, 0.25) is 6.10 Å². The lowest BCUT2D eigenvalue weighted by atomic mass is 10.0. The van der Waals surface area contributed by atoms with Gasteiger partial charge in [0, 0.05) is 0 Å². The largest absolute Gasteiger partial charge is 0.465 e. The van der Waals surface area contributed by atoms with Crippen LogP contribution in [0.3, 0.4) is 0 Å². The van der Waals surface area contributed by atoms with E-state index in [1.807, 2.05) is 0 Å². The number of nitrogens with zero attached hydrogens (tertiary/aromatic N) is 1. The van der Waals surface area contributed by atoms with E-state index < -0.39 is 31.6 Å². The van der Waals surface area contributed by atoms with Crippen LogP contribution in [0, 0.1) is 5.92 Å². The minimum Gasteiger partial charge on any atom is -0.465 e. The van der Waals surface area contributed by atoms with Gasteiger partial charge in [-0.25, -0.2) is 4.79 Å². The van der Waals surface area contributed by atoms with Crippen molar-refractivity contribution in [1.82, 2.24) is 0 Å². The summed E-state index contributed by atoms with van der Waals surface area (Å²) in [4.78, 5) is 29.1. The molecule has 2 atom stereocenters. The van der Waals surface area contributed by atoms with E-state index >= 15 is 0 Å². The normalized spacial score (nSPS) is 20.6. The monoisotopic (exact) mass is 351 g/mol. The number of carbonyl (C=O) groups is 2. The maximum atomic E-state index is 12.8. The number of rotatable bonds is 9. The lowest BCUT2D eigenvalue weighted by Gasteiger charge is -2.20. The minimum atomic E-state index is -3.88. The van der Waals surface area contributed by atoms with Gasteiger partial charge in [-0.2, -0.15) is 0 Å². The molecule has 0 radical (unpaired) electrons. The fraction of sp³-hybridized carbons (Fsp3) is 0.769. The van der Waals surface area contributed by atoms with Gasteiger partial charge in [0.15, 0.2) is 11.4 Å². The van der Waals surface area contributed by atoms with Crippen molar-refractivity contribution >= 4 is 25.0 Å². The van der Waals surface area contributed by atoms with E-state index in [2.05, 4.69) is 5.16 Å². The van der Waals surface area contributed by atoms with E-state index in [1.54, 1.807) is 27.7 Å². The smallest absolute Gasteiger partial charge is 0.379 e. The molecule has 1 rings (SSSR count). The highest BCUT2D eigenvalue weighted by Crippen LogP contribution is 2.54. The zero-order chi connectivity index (χ0) is 17.5. The number of oxime groups is 1. The molecule has 0 bridgehead atoms. The van der Waals surface area contributed by atoms with Gasteiger partial charge < -0.3 is 23.4 Å². The minimum absolute atomic E-state index is 0.0654. The predicted molar refractivity (Wildman–Crippen MR) is 79.9 cm³/mol. The first-order valence-electron chi connectivity index (χ1n) is 7.41. The molecular formula is C13H22NO8P. The van der Waals surface area contributed by atoms with Crippen molar-refractivity contribution in [3.05, 3.63) is 0 Å². The van der Waals surface area contributed by atoms with Crippen LogP contribution in [0.25, 0.3) is 0 Å². The maximum Gasteiger partial charge on any atom is 0.379 e. The number of hydrogen-bond acceptors (Lipinski definition) is 9. The lowest BCUT2D eigenvalue weighted by Crippen LogP contribution is -2.39. The van der Waals surface area contributed by atoms with E-state index in [-0.39, 0.29) is 31.9 Å². The van der Waals surface area contributed by atoms with E-state index in [9.17, 15) is 14.2 Å². The Labute approximate surface area is 134 Å². The van der Waals surface area contributed by atoms with Gasteiger partial charge in [0.25, 0.3) is 0 Å². The second-order valence-corrected chi connectivity index (χ2v) is 6.26. The van der Waals surface area contributed by atoms with Crippen LogP contribution in [0.2, 0.25) is 0 Å². The third-order valence-electron chi connectivity index (χ3n) is 2.78. The van der Waals surface area contributed by atoms with Gasteiger partial charge in [-0.3, -0.25) is 9.36 Å². The van der Waals surface area contributed by atoms with Crippen molar-refractivity contribution in [2.24, 2.45) is 11.1 Å². The first-order valence-corrected chi connectivity index (χ1v) is 8.95. The number of ether oxygens (including phenoxy) is 2. The van der Waals surface area contributed by atoms with Crippen molar-refractivity contribution in [2.75, 3.05) is 26.4 Å². The molecule has 0 N–H and O–H groups in total. The Morgan fingerprint density at radius 1 is 1.00 bits per heavy atom. The maximum absolute atomic E-state index is 12.8. The molecular weight excluding hydrogens is 329 g/mol. The molecule has 0 aliphatic carbocycles. The Bertz CT molecular complexity index is 496. The molecule has 23 heavy (non-hydrogen) atoms. The molecule has 132 valence electrons. The predicted octanol–water partition coefficient (Wildman–Crippen LogP) is 1.71. The van der Waals surface area contributed by atoms with Crippen LogP contribution in [-0.4, -0.2) is 49.9 Å². The van der Waals surface area contributed by atoms with Crippen LogP contribution in [0.4, 0.5) is 0 Å². The van der Waals surface area contributed by atoms with Crippen LogP contribution < -0.4 is 0 Å². The van der Waals surface area contributed by atoms with Gasteiger partial charge in [-0.05, 0) is 27.7 Å². The van der Waals surface area contributed by atoms with Crippen molar-refractivity contribution in [2.45, 2.75) is 33.8 Å². The van der Waals surface area contributed by atoms with Crippen LogP contribution in [0.15, 0.2) is 5.16 Å². The molecule has 0 unspecified atom stereocenters. The molecule has 0 aromatic carbocycles. The molecule has 0 fully saturated rings. The molecule has 1 heterocycles. The van der Waals surface area contributed by atoms with Crippen LogP contribution in [-0.2, 0) is 37.5 Å². The van der Waals surface area contributed by atoms with Crippen molar-refractivity contribution in [3.8, 4) is 0 Å². The van der Waals surface area contributed by atoms with Gasteiger partial charge in [-0.1, -0.05) is 5.16 Å². The molecule has 9 nitrogen and oxygen atoms in total. The summed E-state index contributed by atoms with van der Waals surface area (Å²) in [5.74, 6) is -2.94. The van der Waals surface area contributed by atoms with E-state index in [0.29, 0.717) is 0 Å². The first-order chi connectivity index (χ1) is 10.9. The highest BCUT2D eigenvalue weighted by Gasteiger charge is 2.54. The molecule has 0 spiro atoms. The molecule has 0 aromatic rings. The summed E-state index contributed by atoms with van der Waals surface area (Å²) in [5, 5.41) is 3.62. The number of carbonyl (C=O) groups excluding carboxylic acids is 2. The molecule has 1 aliphatic heterocycles. The average Bonchev–Trinajstić information content (AvgIpc) is 2.94. The van der Waals surface area contributed by atoms with E-state index in [1.165, 1.54) is 0 Å². The summed E-state index contributed by atoms with van der Waals surface area (Å²) >= 11 is 0. The zero-order valence-corrected chi connectivity index (χ0v) is 14.5. The number of hydrogen-bond donors (Lipinski definition) is 0. The van der Waals surface area contributed by atoms with E-state index in [0.717, 1.165) is 0 Å². The highest BCUT2D eigenvalue weighted by atomic mass is 31.2. The van der Waals surface area contributed by atoms with Gasteiger partial charge in [-0.15, -0.1) is 0 Å². The summed E-state index contributed by atoms with van der Waals surface area (Å²) in [6.45, 7) is 6.75. The standard InChI is InChI=1S/C13H22NO8P/c1-5-18-12(15)9-10(13(16)19-6-2)22-14-11(9)23(17,20-7-3)21-8-4/h9-10H,5-8H2,1-4H3/t9-,10+/m1/s1. The topological polar surface area (TPSA) is 110 Å². The Hall–Kier alpha value is -1.44. The van der Waals surface area contributed by atoms with Crippen LogP contribution in [0.5, 0.6) is 0 Å². The summed E-state index contributed by atoms with van der Waals surface area (Å²) in [7, 11) is -3.88. The van der Waals surface area contributed by atoms with Gasteiger partial charge in [0.05, 0.1) is 26.4 Å². The first kappa shape index (κ1) is 19.6. The fourth-order valence-electron chi connectivity index (χ4n) is 1.96. The fourth-order valence-corrected chi connectivity index (χ4v) is 3.71. The van der Waals surface area contributed by atoms with Crippen molar-refractivity contribution < 1.29 is 37.5 Å². The summed E-state index contributed by atoms with van der Waals surface area (Å²) in [5.41, 5.74) is -0.280. The third-order valence-corrected chi connectivity index (χ3v) is 4.90. The highest BCUT2D eigenvalue weighted by molar-refractivity contribution is 7.72. The van der Waals surface area contributed by atoms with Crippen LogP contribution >= 0.6 is 7.60 Å². The molecule has 0 saturated carbocycles. The Morgan fingerprint density at radius 3 is 2.00 bits per heavy atom. The second kappa shape index (κ2) is 9.00. The summed E-state index contributed by atoms with van der Waals surface area (Å²) < 4.78 is 32.9. The third kappa shape index (κ3) is 4.53. The molecule has 0 amide bonds. The number of esters is 2. The van der Waals surface area contributed by atoms with E-state index in [4.69, 9.17) is 23.4 Å².